The maximum atomic E-state index is 11.1. The van der Waals surface area contributed by atoms with Crippen molar-refractivity contribution < 1.29 is 36.3 Å². The van der Waals surface area contributed by atoms with Crippen LogP contribution in [0.5, 0.6) is 0 Å². The van der Waals surface area contributed by atoms with Gasteiger partial charge in [-0.3, -0.25) is 28.6 Å². The monoisotopic (exact) mass is 658 g/mol. The molecular weight excluding hydrogens is 608 g/mol. The van der Waals surface area contributed by atoms with Gasteiger partial charge in [-0.15, -0.1) is 0 Å². The molecule has 2 aromatic carbocycles. The summed E-state index contributed by atoms with van der Waals surface area (Å²) in [4.78, 5) is 21.4. The number of nitrogens with one attached hydrogen (secondary N) is 2. The molecule has 0 aliphatic heterocycles. The Morgan fingerprint density at radius 1 is 0.711 bits per heavy atom. The average molecular weight is 659 g/mol. The van der Waals surface area contributed by atoms with Gasteiger partial charge in [0.25, 0.3) is 11.4 Å². The molecule has 2 unspecified atom stereocenters. The summed E-state index contributed by atoms with van der Waals surface area (Å²) in [5.41, 5.74) is 15.4. The molecule has 0 fully saturated rings. The van der Waals surface area contributed by atoms with E-state index in [0.717, 1.165) is 32.9 Å². The summed E-state index contributed by atoms with van der Waals surface area (Å²) < 4.78 is 35.8. The lowest BCUT2D eigenvalue weighted by molar-refractivity contribution is -0.894. The summed E-state index contributed by atoms with van der Waals surface area (Å²) in [5, 5.41) is 28.4. The van der Waals surface area contributed by atoms with Gasteiger partial charge in [-0.05, 0) is 51.0 Å². The average Bonchev–Trinajstić information content (AvgIpc) is 2.85. The zero-order valence-electron chi connectivity index (χ0n) is 27.9. The van der Waals surface area contributed by atoms with E-state index < -0.39 is 10.4 Å². The summed E-state index contributed by atoms with van der Waals surface area (Å²) >= 11 is 0. The molecule has 0 aliphatic rings. The molecule has 2 atom stereocenters. The molecule has 17 heteroatoms. The van der Waals surface area contributed by atoms with Gasteiger partial charge in [-0.25, -0.2) is 0 Å². The number of hydrogen-bond donors (Lipinski definition) is 4. The van der Waals surface area contributed by atoms with E-state index in [9.17, 15) is 20.2 Å². The molecule has 0 saturated carbocycles. The van der Waals surface area contributed by atoms with Crippen LogP contribution in [0.2, 0.25) is 0 Å². The molecule has 2 rings (SSSR count). The number of benzene rings is 2. The third-order valence-corrected chi connectivity index (χ3v) is 7.56. The number of aryl methyl sites for hydroxylation is 2. The van der Waals surface area contributed by atoms with Crippen LogP contribution in [0.25, 0.3) is 0 Å². The SMILES string of the molecule is Cc1cc([N+](=O)[O-])c(NCCC(C)[N+](C)(C)C)cc1N.Cc1cc([N+](=O)[O-])c(NCCC(C)[N+](C)(C)C)cc1N.O=S(=O)([O-])[O-]. The first-order valence-corrected chi connectivity index (χ1v) is 15.4. The van der Waals surface area contributed by atoms with Crippen LogP contribution in [-0.2, 0) is 10.4 Å². The second-order valence-corrected chi connectivity index (χ2v) is 13.6. The molecule has 0 bridgehead atoms. The highest BCUT2D eigenvalue weighted by Crippen LogP contribution is 2.30. The fraction of sp³-hybridized carbons (Fsp3) is 0.571. The molecule has 0 radical (unpaired) electrons. The maximum Gasteiger partial charge on any atom is 0.292 e. The van der Waals surface area contributed by atoms with Gasteiger partial charge < -0.3 is 40.2 Å². The van der Waals surface area contributed by atoms with Crippen molar-refractivity contribution in [2.45, 2.75) is 52.6 Å². The molecule has 0 saturated heterocycles. The first-order chi connectivity index (χ1) is 20.2. The lowest BCUT2D eigenvalue weighted by atomic mass is 10.1. The maximum absolute atomic E-state index is 11.1. The zero-order valence-corrected chi connectivity index (χ0v) is 28.7. The normalized spacial score (nSPS) is 12.9. The number of nitro benzene ring substituents is 2. The van der Waals surface area contributed by atoms with Gasteiger partial charge in [-0.1, -0.05) is 0 Å². The summed E-state index contributed by atoms with van der Waals surface area (Å²) in [6, 6.07) is 7.24. The van der Waals surface area contributed by atoms with Crippen molar-refractivity contribution in [2.24, 2.45) is 0 Å². The molecule has 6 N–H and O–H groups in total. The number of nitro groups is 2. The molecule has 0 aliphatic carbocycles. The second-order valence-electron chi connectivity index (χ2n) is 12.7. The third kappa shape index (κ3) is 16.2. The van der Waals surface area contributed by atoms with Crippen LogP contribution in [0.3, 0.4) is 0 Å². The number of nitrogens with two attached hydrogens (primary N) is 2. The number of nitrogens with zero attached hydrogens (tertiary/aromatic N) is 4. The Morgan fingerprint density at radius 2 is 0.978 bits per heavy atom. The van der Waals surface area contributed by atoms with E-state index in [1.165, 1.54) is 12.1 Å². The van der Waals surface area contributed by atoms with E-state index in [0.29, 0.717) is 47.9 Å². The number of rotatable bonds is 12. The van der Waals surface area contributed by atoms with E-state index in [4.69, 9.17) is 29.0 Å². The highest BCUT2D eigenvalue weighted by atomic mass is 32.3. The van der Waals surface area contributed by atoms with Gasteiger partial charge in [0, 0.05) is 59.8 Å². The highest BCUT2D eigenvalue weighted by molar-refractivity contribution is 7.79. The van der Waals surface area contributed by atoms with Crippen LogP contribution in [0.4, 0.5) is 34.1 Å². The van der Waals surface area contributed by atoms with Crippen molar-refractivity contribution >= 4 is 44.5 Å². The molecule has 0 heterocycles. The predicted octanol–water partition coefficient (Wildman–Crippen LogP) is 3.43. The van der Waals surface area contributed by atoms with Crippen molar-refractivity contribution in [3.63, 3.8) is 0 Å². The number of anilines is 4. The fourth-order valence-electron chi connectivity index (χ4n) is 3.61. The lowest BCUT2D eigenvalue weighted by Crippen LogP contribution is -2.44. The Balaban J connectivity index is 0.000000748. The summed E-state index contributed by atoms with van der Waals surface area (Å²) in [6.45, 7) is 9.23. The molecule has 2 aromatic rings. The first kappa shape index (κ1) is 41.2. The Kier molecular flexibility index (Phi) is 15.6. The van der Waals surface area contributed by atoms with Gasteiger partial charge in [0.1, 0.15) is 11.4 Å². The number of quaternary nitrogens is 2. The van der Waals surface area contributed by atoms with E-state index in [1.807, 2.05) is 0 Å². The fourth-order valence-corrected chi connectivity index (χ4v) is 3.61. The van der Waals surface area contributed by atoms with Crippen LogP contribution in [0.15, 0.2) is 24.3 Å². The topological polar surface area (TPSA) is 243 Å². The van der Waals surface area contributed by atoms with Crippen molar-refractivity contribution in [1.29, 1.82) is 0 Å². The van der Waals surface area contributed by atoms with Gasteiger partial charge in [0.05, 0.1) is 64.2 Å². The van der Waals surface area contributed by atoms with E-state index in [1.54, 1.807) is 26.0 Å². The van der Waals surface area contributed by atoms with Gasteiger partial charge in [0.15, 0.2) is 0 Å². The minimum atomic E-state index is -5.17. The Morgan fingerprint density at radius 3 is 1.20 bits per heavy atom. The smallest absolute Gasteiger partial charge is 0.292 e. The lowest BCUT2D eigenvalue weighted by Gasteiger charge is -2.31. The van der Waals surface area contributed by atoms with Crippen LogP contribution < -0.4 is 22.1 Å². The quantitative estimate of drug-likeness (QED) is 0.0640. The highest BCUT2D eigenvalue weighted by Gasteiger charge is 2.21. The third-order valence-electron chi connectivity index (χ3n) is 7.56. The van der Waals surface area contributed by atoms with Crippen molar-refractivity contribution in [1.82, 2.24) is 0 Å². The van der Waals surface area contributed by atoms with Crippen LogP contribution in [0.1, 0.15) is 37.8 Å². The van der Waals surface area contributed by atoms with E-state index in [-0.39, 0.29) is 21.2 Å². The van der Waals surface area contributed by atoms with Crippen molar-refractivity contribution in [3.05, 3.63) is 55.6 Å². The predicted molar refractivity (Wildman–Crippen MR) is 176 cm³/mol. The molecule has 256 valence electrons. The van der Waals surface area contributed by atoms with Crippen LogP contribution >= 0.6 is 0 Å². The van der Waals surface area contributed by atoms with E-state index in [2.05, 4.69) is 66.8 Å². The molecular formula is C28H50N8O8S. The zero-order chi connectivity index (χ0) is 35.5. The summed E-state index contributed by atoms with van der Waals surface area (Å²) in [5.74, 6) is 0. The second kappa shape index (κ2) is 17.1. The van der Waals surface area contributed by atoms with Gasteiger partial charge in [-0.2, -0.15) is 0 Å². The van der Waals surface area contributed by atoms with Crippen LogP contribution in [0, 0.1) is 34.1 Å². The summed E-state index contributed by atoms with van der Waals surface area (Å²) in [7, 11) is 7.65. The Bertz CT molecular complexity index is 1310. The number of nitrogen functional groups attached to an aromatic ring is 2. The molecule has 0 amide bonds. The summed E-state index contributed by atoms with van der Waals surface area (Å²) in [6.07, 6.45) is 1.85. The Labute approximate surface area is 266 Å². The standard InChI is InChI=1S/2C14H25N4O2.H2O4S/c2*1-10-8-14(17(19)20)13(9-12(10)15)16-7-6-11(2)18(3,4)5;1-5(2,3)4/h2*8-9,11,16H,6-7,15H2,1-5H3;(H2,1,2,3,4)/q2*+1;/p-2. The van der Waals surface area contributed by atoms with Gasteiger partial charge >= 0.3 is 0 Å². The minimum absolute atomic E-state index is 0.0783. The van der Waals surface area contributed by atoms with Crippen LogP contribution in [-0.4, -0.2) is 104 Å². The molecule has 0 spiro atoms. The van der Waals surface area contributed by atoms with Gasteiger partial charge in [0.2, 0.25) is 0 Å². The van der Waals surface area contributed by atoms with Crippen molar-refractivity contribution in [3.8, 4) is 0 Å². The first-order valence-electron chi connectivity index (χ1n) is 14.1. The van der Waals surface area contributed by atoms with Crippen molar-refractivity contribution in [2.75, 3.05) is 77.5 Å². The largest absolute Gasteiger partial charge is 0.759 e. The molecule has 45 heavy (non-hydrogen) atoms. The Hall–Kier alpha value is -3.77. The number of hydrogen-bond acceptors (Lipinski definition) is 12. The minimum Gasteiger partial charge on any atom is -0.759 e. The molecule has 16 nitrogen and oxygen atoms in total. The van der Waals surface area contributed by atoms with E-state index >= 15 is 0 Å². The molecule has 0 aromatic heterocycles.